The molecule has 0 spiro atoms. The van der Waals surface area contributed by atoms with Gasteiger partial charge < -0.3 is 14.8 Å². The number of hydrogen-bond acceptors (Lipinski definition) is 5. The van der Waals surface area contributed by atoms with Crippen LogP contribution in [0.5, 0.6) is 0 Å². The van der Waals surface area contributed by atoms with E-state index in [1.165, 1.54) is 14.2 Å². The van der Waals surface area contributed by atoms with Crippen molar-refractivity contribution in [2.45, 2.75) is 25.8 Å². The summed E-state index contributed by atoms with van der Waals surface area (Å²) in [5, 5.41) is 2.80. The van der Waals surface area contributed by atoms with Crippen LogP contribution in [0.2, 0.25) is 0 Å². The smallest absolute Gasteiger partial charge is 0.309 e. The second-order valence-corrected chi connectivity index (χ2v) is 4.90. The highest BCUT2D eigenvalue weighted by Gasteiger charge is 2.26. The van der Waals surface area contributed by atoms with Gasteiger partial charge in [-0.25, -0.2) is 0 Å². The van der Waals surface area contributed by atoms with Gasteiger partial charge in [0.1, 0.15) is 0 Å². The zero-order valence-electron chi connectivity index (χ0n) is 13.0. The number of methoxy groups -OCH3 is 2. The summed E-state index contributed by atoms with van der Waals surface area (Å²) in [5.41, 5.74) is 0.957. The van der Waals surface area contributed by atoms with Crippen LogP contribution in [0.15, 0.2) is 30.3 Å². The molecule has 0 aliphatic heterocycles. The quantitative estimate of drug-likeness (QED) is 0.774. The van der Waals surface area contributed by atoms with Crippen LogP contribution in [0.4, 0.5) is 0 Å². The summed E-state index contributed by atoms with van der Waals surface area (Å²) in [6.07, 6.45) is -0.310. The molecular formula is C16H21NO5. The Morgan fingerprint density at radius 2 is 1.68 bits per heavy atom. The molecule has 0 aliphatic carbocycles. The van der Waals surface area contributed by atoms with Crippen molar-refractivity contribution in [1.29, 1.82) is 0 Å². The number of nitrogens with one attached hydrogen (secondary N) is 1. The van der Waals surface area contributed by atoms with Crippen LogP contribution < -0.4 is 5.32 Å². The molecule has 0 heterocycles. The summed E-state index contributed by atoms with van der Waals surface area (Å²) in [4.78, 5) is 35.0. The molecule has 0 saturated heterocycles. The Bertz CT molecular complexity index is 515. The normalized spacial score (nSPS) is 12.9. The first-order valence-electron chi connectivity index (χ1n) is 6.96. The van der Waals surface area contributed by atoms with Gasteiger partial charge in [-0.3, -0.25) is 14.4 Å². The molecule has 6 heteroatoms. The van der Waals surface area contributed by atoms with E-state index in [9.17, 15) is 14.4 Å². The monoisotopic (exact) mass is 307 g/mol. The zero-order chi connectivity index (χ0) is 16.5. The fourth-order valence-corrected chi connectivity index (χ4v) is 2.04. The summed E-state index contributed by atoms with van der Waals surface area (Å²) in [7, 11) is 2.45. The van der Waals surface area contributed by atoms with E-state index in [0.29, 0.717) is 0 Å². The maximum Gasteiger partial charge on any atom is 0.309 e. The second-order valence-electron chi connectivity index (χ2n) is 4.90. The van der Waals surface area contributed by atoms with Crippen LogP contribution >= 0.6 is 0 Å². The lowest BCUT2D eigenvalue weighted by molar-refractivity contribution is -0.153. The third-order valence-corrected chi connectivity index (χ3v) is 3.28. The number of ether oxygens (including phenoxy) is 2. The van der Waals surface area contributed by atoms with Gasteiger partial charge in [0.15, 0.2) is 0 Å². The lowest BCUT2D eigenvalue weighted by Crippen LogP contribution is -2.32. The molecular weight excluding hydrogens is 286 g/mol. The molecule has 6 nitrogen and oxygen atoms in total. The third kappa shape index (κ3) is 5.55. The van der Waals surface area contributed by atoms with E-state index in [1.807, 2.05) is 37.3 Å². The summed E-state index contributed by atoms with van der Waals surface area (Å²) in [6.45, 7) is 1.85. The van der Waals surface area contributed by atoms with Gasteiger partial charge in [-0.2, -0.15) is 0 Å². The van der Waals surface area contributed by atoms with Gasteiger partial charge in [-0.1, -0.05) is 30.3 Å². The Balaban J connectivity index is 2.62. The van der Waals surface area contributed by atoms with Crippen molar-refractivity contribution in [1.82, 2.24) is 5.32 Å². The summed E-state index contributed by atoms with van der Waals surface area (Å²) in [5.74, 6) is -2.33. The fraction of sp³-hybridized carbons (Fsp3) is 0.438. The molecule has 0 bridgehead atoms. The van der Waals surface area contributed by atoms with Crippen LogP contribution in [0.3, 0.4) is 0 Å². The Labute approximate surface area is 129 Å². The third-order valence-electron chi connectivity index (χ3n) is 3.28. The molecule has 22 heavy (non-hydrogen) atoms. The van der Waals surface area contributed by atoms with Gasteiger partial charge in [0, 0.05) is 6.42 Å². The maximum atomic E-state index is 12.1. The highest BCUT2D eigenvalue weighted by Crippen LogP contribution is 2.15. The number of carbonyl (C=O) groups excluding carboxylic acids is 3. The maximum absolute atomic E-state index is 12.1. The van der Waals surface area contributed by atoms with E-state index in [4.69, 9.17) is 0 Å². The molecule has 0 fully saturated rings. The van der Waals surface area contributed by atoms with Gasteiger partial charge in [0.25, 0.3) is 0 Å². The van der Waals surface area contributed by atoms with E-state index in [2.05, 4.69) is 14.8 Å². The van der Waals surface area contributed by atoms with Gasteiger partial charge >= 0.3 is 11.9 Å². The van der Waals surface area contributed by atoms with E-state index in [-0.39, 0.29) is 24.8 Å². The van der Waals surface area contributed by atoms with Crippen molar-refractivity contribution in [3.63, 3.8) is 0 Å². The first kappa shape index (κ1) is 17.7. The largest absolute Gasteiger partial charge is 0.469 e. The van der Waals surface area contributed by atoms with Crippen LogP contribution in [0.1, 0.15) is 31.4 Å². The van der Waals surface area contributed by atoms with E-state index >= 15 is 0 Å². The molecule has 0 unspecified atom stereocenters. The van der Waals surface area contributed by atoms with Crippen molar-refractivity contribution in [3.05, 3.63) is 35.9 Å². The number of benzene rings is 1. The minimum atomic E-state index is -0.847. The van der Waals surface area contributed by atoms with Gasteiger partial charge in [0.05, 0.1) is 32.6 Å². The minimum Gasteiger partial charge on any atom is -0.469 e. The van der Waals surface area contributed by atoms with Gasteiger partial charge in [0.2, 0.25) is 5.91 Å². The average molecular weight is 307 g/mol. The van der Waals surface area contributed by atoms with Crippen LogP contribution in [0.25, 0.3) is 0 Å². The Morgan fingerprint density at radius 3 is 2.23 bits per heavy atom. The Morgan fingerprint density at radius 1 is 1.05 bits per heavy atom. The van der Waals surface area contributed by atoms with Crippen molar-refractivity contribution >= 4 is 17.8 Å². The van der Waals surface area contributed by atoms with E-state index in [0.717, 1.165) is 5.56 Å². The molecule has 1 aromatic rings. The SMILES string of the molecule is COC(=O)C[C@H](CC(=O)N[C@H](C)c1ccccc1)C(=O)OC. The molecule has 0 aliphatic rings. The van der Waals surface area contributed by atoms with Crippen molar-refractivity contribution in [2.75, 3.05) is 14.2 Å². The highest BCUT2D eigenvalue weighted by atomic mass is 16.5. The lowest BCUT2D eigenvalue weighted by Gasteiger charge is -2.17. The molecule has 0 radical (unpaired) electrons. The van der Waals surface area contributed by atoms with Crippen LogP contribution in [0, 0.1) is 5.92 Å². The van der Waals surface area contributed by atoms with Crippen molar-refractivity contribution in [2.24, 2.45) is 5.92 Å². The number of esters is 2. The van der Waals surface area contributed by atoms with Crippen LogP contribution in [-0.4, -0.2) is 32.1 Å². The van der Waals surface area contributed by atoms with Crippen molar-refractivity contribution in [3.8, 4) is 0 Å². The fourth-order valence-electron chi connectivity index (χ4n) is 2.04. The van der Waals surface area contributed by atoms with Crippen molar-refractivity contribution < 1.29 is 23.9 Å². The van der Waals surface area contributed by atoms with E-state index < -0.39 is 17.9 Å². The number of amides is 1. The molecule has 120 valence electrons. The molecule has 2 atom stereocenters. The van der Waals surface area contributed by atoms with Crippen LogP contribution in [-0.2, 0) is 23.9 Å². The summed E-state index contributed by atoms with van der Waals surface area (Å²) in [6, 6.07) is 9.26. The number of carbonyl (C=O) groups is 3. The summed E-state index contributed by atoms with van der Waals surface area (Å²) >= 11 is 0. The molecule has 1 rings (SSSR count). The van der Waals surface area contributed by atoms with E-state index in [1.54, 1.807) is 0 Å². The van der Waals surface area contributed by atoms with Gasteiger partial charge in [-0.05, 0) is 12.5 Å². The molecule has 0 saturated carbocycles. The standard InChI is InChI=1S/C16H21NO5/c1-11(12-7-5-4-6-8-12)17-14(18)9-13(16(20)22-3)10-15(19)21-2/h4-8,11,13H,9-10H2,1-3H3,(H,17,18)/t11-,13+/m1/s1. The average Bonchev–Trinajstić information content (AvgIpc) is 2.53. The zero-order valence-corrected chi connectivity index (χ0v) is 13.0. The highest BCUT2D eigenvalue weighted by molar-refractivity contribution is 5.86. The van der Waals surface area contributed by atoms with Gasteiger partial charge in [-0.15, -0.1) is 0 Å². The minimum absolute atomic E-state index is 0.126. The Kier molecular flexibility index (Phi) is 7.08. The number of hydrogen-bond donors (Lipinski definition) is 1. The molecule has 1 aromatic carbocycles. The molecule has 0 aromatic heterocycles. The first-order chi connectivity index (χ1) is 10.5. The molecule has 1 amide bonds. The first-order valence-corrected chi connectivity index (χ1v) is 6.96. The Hall–Kier alpha value is -2.37. The number of rotatable bonds is 7. The summed E-state index contributed by atoms with van der Waals surface area (Å²) < 4.78 is 9.15. The predicted octanol–water partition coefficient (Wildman–Crippen LogP) is 1.61. The predicted molar refractivity (Wildman–Crippen MR) is 79.8 cm³/mol. The molecule has 1 N–H and O–H groups in total. The lowest BCUT2D eigenvalue weighted by atomic mass is 10.0. The topological polar surface area (TPSA) is 81.7 Å². The second kappa shape index (κ2) is 8.81.